The van der Waals surface area contributed by atoms with Crippen molar-refractivity contribution in [3.05, 3.63) is 59.9 Å². The number of carbonyl (C=O) groups excluding carboxylic acids is 2. The lowest BCUT2D eigenvalue weighted by molar-refractivity contribution is -0.122. The lowest BCUT2D eigenvalue weighted by Gasteiger charge is -2.15. The number of amides is 1. The zero-order valence-corrected chi connectivity index (χ0v) is 12.7. The average molecular weight is 317 g/mol. The summed E-state index contributed by atoms with van der Waals surface area (Å²) in [7, 11) is 1.29. The highest BCUT2D eigenvalue weighted by Crippen LogP contribution is 2.16. The molecule has 0 aliphatic carbocycles. The summed E-state index contributed by atoms with van der Waals surface area (Å²) >= 11 is 0. The molecule has 2 rings (SSSR count). The van der Waals surface area contributed by atoms with Gasteiger partial charge in [-0.3, -0.25) is 4.79 Å². The van der Waals surface area contributed by atoms with Gasteiger partial charge in [0.15, 0.2) is 6.10 Å². The highest BCUT2D eigenvalue weighted by molar-refractivity contribution is 5.94. The van der Waals surface area contributed by atoms with E-state index in [0.717, 1.165) is 0 Å². The number of anilines is 1. The number of hydrogen-bond acceptors (Lipinski definition) is 4. The van der Waals surface area contributed by atoms with Crippen molar-refractivity contribution in [1.82, 2.24) is 0 Å². The molecule has 0 bridgehead atoms. The molecule has 6 heteroatoms. The van der Waals surface area contributed by atoms with Crippen molar-refractivity contribution in [3.63, 3.8) is 0 Å². The summed E-state index contributed by atoms with van der Waals surface area (Å²) in [6.07, 6.45) is -0.835. The second-order valence-electron chi connectivity index (χ2n) is 4.75. The Morgan fingerprint density at radius 2 is 1.74 bits per heavy atom. The molecule has 5 nitrogen and oxygen atoms in total. The zero-order chi connectivity index (χ0) is 16.8. The molecule has 23 heavy (non-hydrogen) atoms. The van der Waals surface area contributed by atoms with Crippen LogP contribution in [0.25, 0.3) is 0 Å². The standard InChI is InChI=1S/C17H16FNO4/c1-11(16(20)19-15-6-4-3-5-14(15)18)23-13-9-7-12(8-10-13)17(21)22-2/h3-11H,1-2H3,(H,19,20)/t11-/m0/s1. The highest BCUT2D eigenvalue weighted by atomic mass is 19.1. The lowest BCUT2D eigenvalue weighted by Crippen LogP contribution is -2.30. The minimum Gasteiger partial charge on any atom is -0.481 e. The molecule has 120 valence electrons. The minimum absolute atomic E-state index is 0.0917. The maximum atomic E-state index is 13.5. The first-order chi connectivity index (χ1) is 11.0. The molecule has 1 amide bonds. The maximum Gasteiger partial charge on any atom is 0.337 e. The molecule has 0 spiro atoms. The number of esters is 1. The van der Waals surface area contributed by atoms with E-state index in [2.05, 4.69) is 10.1 Å². The van der Waals surface area contributed by atoms with Gasteiger partial charge in [0.1, 0.15) is 11.6 Å². The van der Waals surface area contributed by atoms with Crippen LogP contribution in [-0.4, -0.2) is 25.1 Å². The van der Waals surface area contributed by atoms with Crippen LogP contribution in [0.2, 0.25) is 0 Å². The fourth-order valence-corrected chi connectivity index (χ4v) is 1.84. The SMILES string of the molecule is COC(=O)c1ccc(O[C@@H](C)C(=O)Nc2ccccc2F)cc1. The van der Waals surface area contributed by atoms with Crippen LogP contribution in [0, 0.1) is 5.82 Å². The number of carbonyl (C=O) groups is 2. The second kappa shape index (κ2) is 7.40. The average Bonchev–Trinajstić information content (AvgIpc) is 2.56. The van der Waals surface area contributed by atoms with E-state index in [1.807, 2.05) is 0 Å². The lowest BCUT2D eigenvalue weighted by atomic mass is 10.2. The number of ether oxygens (including phenoxy) is 2. The number of hydrogen-bond donors (Lipinski definition) is 1. The quantitative estimate of drug-likeness (QED) is 0.861. The summed E-state index contributed by atoms with van der Waals surface area (Å²) in [5, 5.41) is 2.46. The summed E-state index contributed by atoms with van der Waals surface area (Å²) in [6.45, 7) is 1.55. The van der Waals surface area contributed by atoms with Gasteiger partial charge in [-0.1, -0.05) is 12.1 Å². The molecule has 2 aromatic rings. The molecule has 0 heterocycles. The van der Waals surface area contributed by atoms with Crippen molar-refractivity contribution < 1.29 is 23.5 Å². The van der Waals surface area contributed by atoms with Gasteiger partial charge in [0, 0.05) is 0 Å². The first-order valence-corrected chi connectivity index (χ1v) is 6.91. The first kappa shape index (κ1) is 16.5. The molecular weight excluding hydrogens is 301 g/mol. The van der Waals surface area contributed by atoms with Crippen LogP contribution in [-0.2, 0) is 9.53 Å². The number of rotatable bonds is 5. The van der Waals surface area contributed by atoms with Crippen LogP contribution in [0.5, 0.6) is 5.75 Å². The van der Waals surface area contributed by atoms with Crippen LogP contribution >= 0.6 is 0 Å². The highest BCUT2D eigenvalue weighted by Gasteiger charge is 2.16. The van der Waals surface area contributed by atoms with Gasteiger partial charge in [-0.25, -0.2) is 9.18 Å². The van der Waals surface area contributed by atoms with E-state index in [9.17, 15) is 14.0 Å². The van der Waals surface area contributed by atoms with Gasteiger partial charge >= 0.3 is 5.97 Å². The topological polar surface area (TPSA) is 64.6 Å². The summed E-state index contributed by atoms with van der Waals surface area (Å²) in [5.41, 5.74) is 0.470. The van der Waals surface area contributed by atoms with Crippen LogP contribution in [0.3, 0.4) is 0 Å². The Bertz CT molecular complexity index is 700. The molecule has 0 fully saturated rings. The van der Waals surface area contributed by atoms with Crippen LogP contribution in [0.4, 0.5) is 10.1 Å². The second-order valence-corrected chi connectivity index (χ2v) is 4.75. The van der Waals surface area contributed by atoms with E-state index in [0.29, 0.717) is 11.3 Å². The summed E-state index contributed by atoms with van der Waals surface area (Å²) in [6, 6.07) is 12.0. The third-order valence-corrected chi connectivity index (χ3v) is 3.09. The van der Waals surface area contributed by atoms with E-state index in [4.69, 9.17) is 4.74 Å². The first-order valence-electron chi connectivity index (χ1n) is 6.91. The molecule has 0 aromatic heterocycles. The molecule has 0 unspecified atom stereocenters. The van der Waals surface area contributed by atoms with Crippen molar-refractivity contribution in [2.75, 3.05) is 12.4 Å². The van der Waals surface area contributed by atoms with E-state index in [1.165, 1.54) is 37.4 Å². The van der Waals surface area contributed by atoms with Gasteiger partial charge in [0.05, 0.1) is 18.4 Å². The monoisotopic (exact) mass is 317 g/mol. The van der Waals surface area contributed by atoms with Crippen molar-refractivity contribution in [2.24, 2.45) is 0 Å². The number of para-hydroxylation sites is 1. The van der Waals surface area contributed by atoms with Gasteiger partial charge in [0.25, 0.3) is 5.91 Å². The van der Waals surface area contributed by atoms with Crippen molar-refractivity contribution in [2.45, 2.75) is 13.0 Å². The molecular formula is C17H16FNO4. The van der Waals surface area contributed by atoms with Gasteiger partial charge < -0.3 is 14.8 Å². The van der Waals surface area contributed by atoms with Gasteiger partial charge in [0.2, 0.25) is 0 Å². The molecule has 2 aromatic carbocycles. The van der Waals surface area contributed by atoms with E-state index in [-0.39, 0.29) is 5.69 Å². The van der Waals surface area contributed by atoms with Crippen LogP contribution in [0.15, 0.2) is 48.5 Å². The predicted octanol–water partition coefficient (Wildman–Crippen LogP) is 3.02. The number of methoxy groups -OCH3 is 1. The molecule has 1 atom stereocenters. The van der Waals surface area contributed by atoms with Gasteiger partial charge in [-0.15, -0.1) is 0 Å². The Morgan fingerprint density at radius 1 is 1.09 bits per heavy atom. The largest absolute Gasteiger partial charge is 0.481 e. The number of halogens is 1. The Balaban J connectivity index is 1.98. The van der Waals surface area contributed by atoms with Crippen LogP contribution < -0.4 is 10.1 Å². The smallest absolute Gasteiger partial charge is 0.337 e. The molecule has 0 aliphatic rings. The molecule has 0 saturated carbocycles. The number of nitrogens with one attached hydrogen (secondary N) is 1. The Labute approximate surface area is 133 Å². The third kappa shape index (κ3) is 4.29. The van der Waals surface area contributed by atoms with Crippen molar-refractivity contribution >= 4 is 17.6 Å². The van der Waals surface area contributed by atoms with Gasteiger partial charge in [-0.2, -0.15) is 0 Å². The zero-order valence-electron chi connectivity index (χ0n) is 12.7. The predicted molar refractivity (Wildman–Crippen MR) is 82.9 cm³/mol. The minimum atomic E-state index is -0.835. The van der Waals surface area contributed by atoms with Crippen molar-refractivity contribution in [3.8, 4) is 5.75 Å². The number of benzene rings is 2. The van der Waals surface area contributed by atoms with E-state index in [1.54, 1.807) is 25.1 Å². The summed E-state index contributed by atoms with van der Waals surface area (Å²) in [5.74, 6) is -1.04. The fourth-order valence-electron chi connectivity index (χ4n) is 1.84. The maximum absolute atomic E-state index is 13.5. The summed E-state index contributed by atoms with van der Waals surface area (Å²) < 4.78 is 23.6. The Morgan fingerprint density at radius 3 is 2.35 bits per heavy atom. The Hall–Kier alpha value is -2.89. The van der Waals surface area contributed by atoms with Crippen LogP contribution in [0.1, 0.15) is 17.3 Å². The summed E-state index contributed by atoms with van der Waals surface area (Å²) in [4.78, 5) is 23.3. The normalized spacial score (nSPS) is 11.4. The van der Waals surface area contributed by atoms with Gasteiger partial charge in [-0.05, 0) is 43.3 Å². The Kier molecular flexibility index (Phi) is 5.30. The molecule has 0 radical (unpaired) electrons. The van der Waals surface area contributed by atoms with E-state index < -0.39 is 23.8 Å². The van der Waals surface area contributed by atoms with E-state index >= 15 is 0 Å². The third-order valence-electron chi connectivity index (χ3n) is 3.09. The molecule has 1 N–H and O–H groups in total. The molecule has 0 saturated heterocycles. The van der Waals surface area contributed by atoms with Crippen molar-refractivity contribution in [1.29, 1.82) is 0 Å². The molecule has 0 aliphatic heterocycles. The fraction of sp³-hybridized carbons (Fsp3) is 0.176.